The molecule has 0 saturated carbocycles. The molecule has 0 bridgehead atoms. The smallest absolute Gasteiger partial charge is 0.326 e. The fourth-order valence-corrected chi connectivity index (χ4v) is 2.38. The van der Waals surface area contributed by atoms with Gasteiger partial charge in [0.2, 0.25) is 5.95 Å². The highest BCUT2D eigenvalue weighted by molar-refractivity contribution is 5.81. The molecule has 0 amide bonds. The fourth-order valence-electron chi connectivity index (χ4n) is 2.38. The number of benzene rings is 1. The number of aromatic nitrogens is 2. The van der Waals surface area contributed by atoms with Crippen LogP contribution in [0.2, 0.25) is 0 Å². The molecule has 0 radical (unpaired) electrons. The molecule has 6 heteroatoms. The highest BCUT2D eigenvalue weighted by Gasteiger charge is 2.32. The van der Waals surface area contributed by atoms with Gasteiger partial charge in [0.15, 0.2) is 0 Å². The second-order valence-corrected chi connectivity index (χ2v) is 4.41. The Hall–Kier alpha value is -2.11. The lowest BCUT2D eigenvalue weighted by molar-refractivity contribution is -0.138. The van der Waals surface area contributed by atoms with Crippen molar-refractivity contribution in [2.24, 2.45) is 0 Å². The van der Waals surface area contributed by atoms with Crippen LogP contribution in [0.25, 0.3) is 11.0 Å². The van der Waals surface area contributed by atoms with E-state index in [1.54, 1.807) is 11.0 Å². The summed E-state index contributed by atoms with van der Waals surface area (Å²) in [6.07, 6.45) is 1.43. The first-order chi connectivity index (χ1) is 8.65. The van der Waals surface area contributed by atoms with E-state index in [1.807, 2.05) is 0 Å². The molecule has 1 aliphatic rings. The normalized spacial score (nSPS) is 19.6. The van der Waals surface area contributed by atoms with Gasteiger partial charge in [0.1, 0.15) is 11.9 Å². The van der Waals surface area contributed by atoms with Crippen LogP contribution in [0.4, 0.5) is 10.3 Å². The molecule has 5 nitrogen and oxygen atoms in total. The Labute approximate surface area is 102 Å². The maximum atomic E-state index is 13.1. The number of carbonyl (C=O) groups is 1. The van der Waals surface area contributed by atoms with Crippen molar-refractivity contribution in [1.29, 1.82) is 0 Å². The van der Waals surface area contributed by atoms with E-state index in [0.29, 0.717) is 29.9 Å². The number of carboxylic acid groups (broad SMARTS) is 1. The van der Waals surface area contributed by atoms with Crippen LogP contribution in [0.1, 0.15) is 12.8 Å². The molecule has 94 valence electrons. The molecule has 1 aromatic carbocycles. The van der Waals surface area contributed by atoms with Crippen LogP contribution < -0.4 is 4.90 Å². The quantitative estimate of drug-likeness (QED) is 0.850. The predicted molar refractivity (Wildman–Crippen MR) is 64.1 cm³/mol. The lowest BCUT2D eigenvalue weighted by Gasteiger charge is -2.19. The minimum absolute atomic E-state index is 0.339. The fraction of sp³-hybridized carbons (Fsp3) is 0.333. The third kappa shape index (κ3) is 1.70. The zero-order chi connectivity index (χ0) is 12.7. The first-order valence-electron chi connectivity index (χ1n) is 5.80. The highest BCUT2D eigenvalue weighted by Crippen LogP contribution is 2.25. The van der Waals surface area contributed by atoms with Crippen molar-refractivity contribution in [3.63, 3.8) is 0 Å². The van der Waals surface area contributed by atoms with Gasteiger partial charge in [-0.05, 0) is 31.0 Å². The van der Waals surface area contributed by atoms with E-state index in [-0.39, 0.29) is 5.82 Å². The molecule has 2 aromatic rings. The number of nitrogens with one attached hydrogen (secondary N) is 1. The SMILES string of the molecule is O=C(O)C1CCCN1c1nc2ccc(F)cc2[nH]1. The van der Waals surface area contributed by atoms with Gasteiger partial charge in [0.25, 0.3) is 0 Å². The van der Waals surface area contributed by atoms with Gasteiger partial charge in [0.05, 0.1) is 11.0 Å². The zero-order valence-corrected chi connectivity index (χ0v) is 9.56. The molecule has 1 atom stereocenters. The number of nitrogens with zero attached hydrogens (tertiary/aromatic N) is 2. The van der Waals surface area contributed by atoms with Gasteiger partial charge >= 0.3 is 5.97 Å². The standard InChI is InChI=1S/C12H12FN3O2/c13-7-3-4-8-9(6-7)15-12(14-8)16-5-1-2-10(16)11(17)18/h3-4,6,10H,1-2,5H2,(H,14,15)(H,17,18). The zero-order valence-electron chi connectivity index (χ0n) is 9.56. The van der Waals surface area contributed by atoms with Gasteiger partial charge in [-0.15, -0.1) is 0 Å². The number of rotatable bonds is 2. The lowest BCUT2D eigenvalue weighted by atomic mass is 10.2. The number of carboxylic acids is 1. The molecule has 18 heavy (non-hydrogen) atoms. The van der Waals surface area contributed by atoms with Gasteiger partial charge < -0.3 is 15.0 Å². The van der Waals surface area contributed by atoms with Crippen LogP contribution in [-0.4, -0.2) is 33.6 Å². The molecule has 1 fully saturated rings. The molecule has 3 rings (SSSR count). The molecule has 1 unspecified atom stereocenters. The second-order valence-electron chi connectivity index (χ2n) is 4.41. The highest BCUT2D eigenvalue weighted by atomic mass is 19.1. The molecule has 0 aliphatic carbocycles. The molecule has 2 heterocycles. The minimum Gasteiger partial charge on any atom is -0.480 e. The van der Waals surface area contributed by atoms with Crippen molar-refractivity contribution in [3.8, 4) is 0 Å². The first-order valence-corrected chi connectivity index (χ1v) is 5.80. The number of hydrogen-bond acceptors (Lipinski definition) is 3. The van der Waals surface area contributed by atoms with Crippen LogP contribution in [0.3, 0.4) is 0 Å². The van der Waals surface area contributed by atoms with Crippen LogP contribution >= 0.6 is 0 Å². The molecular weight excluding hydrogens is 237 g/mol. The minimum atomic E-state index is -0.848. The summed E-state index contributed by atoms with van der Waals surface area (Å²) >= 11 is 0. The Morgan fingerprint density at radius 3 is 3.17 bits per heavy atom. The second kappa shape index (κ2) is 3.97. The van der Waals surface area contributed by atoms with Crippen molar-refractivity contribution in [1.82, 2.24) is 9.97 Å². The average molecular weight is 249 g/mol. The number of imidazole rings is 1. The van der Waals surface area contributed by atoms with E-state index in [2.05, 4.69) is 9.97 Å². The number of halogens is 1. The van der Waals surface area contributed by atoms with Crippen LogP contribution in [0.5, 0.6) is 0 Å². The summed E-state index contributed by atoms with van der Waals surface area (Å²) in [6, 6.07) is 3.73. The predicted octanol–water partition coefficient (Wildman–Crippen LogP) is 1.76. The third-order valence-electron chi connectivity index (χ3n) is 3.24. The third-order valence-corrected chi connectivity index (χ3v) is 3.24. The summed E-state index contributed by atoms with van der Waals surface area (Å²) in [5.41, 5.74) is 1.23. The van der Waals surface area contributed by atoms with E-state index in [4.69, 9.17) is 5.11 Å². The van der Waals surface area contributed by atoms with Gasteiger partial charge in [-0.1, -0.05) is 0 Å². The van der Waals surface area contributed by atoms with E-state index in [1.165, 1.54) is 12.1 Å². The largest absolute Gasteiger partial charge is 0.480 e. The molecule has 2 N–H and O–H groups in total. The van der Waals surface area contributed by atoms with Crippen LogP contribution in [0, 0.1) is 5.82 Å². The summed E-state index contributed by atoms with van der Waals surface area (Å²) in [5, 5.41) is 9.12. The summed E-state index contributed by atoms with van der Waals surface area (Å²) in [5.74, 6) is -0.687. The number of aromatic amines is 1. The Morgan fingerprint density at radius 1 is 1.56 bits per heavy atom. The Morgan fingerprint density at radius 2 is 2.39 bits per heavy atom. The summed E-state index contributed by atoms with van der Waals surface area (Å²) in [4.78, 5) is 20.1. The van der Waals surface area contributed by atoms with Crippen LogP contribution in [-0.2, 0) is 4.79 Å². The van der Waals surface area contributed by atoms with Crippen molar-refractivity contribution < 1.29 is 14.3 Å². The van der Waals surface area contributed by atoms with Gasteiger partial charge in [-0.2, -0.15) is 0 Å². The maximum Gasteiger partial charge on any atom is 0.326 e. The molecular formula is C12H12FN3O2. The Kier molecular flexibility index (Phi) is 2.43. The van der Waals surface area contributed by atoms with E-state index in [9.17, 15) is 9.18 Å². The Bertz CT molecular complexity index is 610. The summed E-state index contributed by atoms with van der Waals surface area (Å²) < 4.78 is 13.1. The van der Waals surface area contributed by atoms with E-state index >= 15 is 0 Å². The number of H-pyrrole nitrogens is 1. The number of anilines is 1. The topological polar surface area (TPSA) is 69.2 Å². The first kappa shape index (κ1) is 11.0. The molecule has 1 aromatic heterocycles. The number of aliphatic carboxylic acids is 1. The Balaban J connectivity index is 2.01. The van der Waals surface area contributed by atoms with Crippen LogP contribution in [0.15, 0.2) is 18.2 Å². The van der Waals surface area contributed by atoms with Gasteiger partial charge in [-0.25, -0.2) is 14.2 Å². The summed E-state index contributed by atoms with van der Waals surface area (Å²) in [6.45, 7) is 0.652. The van der Waals surface area contributed by atoms with Gasteiger partial charge in [-0.3, -0.25) is 0 Å². The average Bonchev–Trinajstić information content (AvgIpc) is 2.93. The van der Waals surface area contributed by atoms with E-state index < -0.39 is 12.0 Å². The van der Waals surface area contributed by atoms with E-state index in [0.717, 1.165) is 6.42 Å². The lowest BCUT2D eigenvalue weighted by Crippen LogP contribution is -2.36. The molecule has 1 saturated heterocycles. The van der Waals surface area contributed by atoms with Crippen molar-refractivity contribution >= 4 is 23.0 Å². The number of fused-ring (bicyclic) bond motifs is 1. The monoisotopic (exact) mass is 249 g/mol. The molecule has 0 spiro atoms. The maximum absolute atomic E-state index is 13.1. The van der Waals surface area contributed by atoms with Crippen molar-refractivity contribution in [2.45, 2.75) is 18.9 Å². The number of hydrogen-bond donors (Lipinski definition) is 2. The molecule has 1 aliphatic heterocycles. The van der Waals surface area contributed by atoms with Crippen molar-refractivity contribution in [3.05, 3.63) is 24.0 Å². The summed E-state index contributed by atoms with van der Waals surface area (Å²) in [7, 11) is 0. The van der Waals surface area contributed by atoms with Gasteiger partial charge in [0, 0.05) is 6.54 Å². The van der Waals surface area contributed by atoms with Crippen molar-refractivity contribution in [2.75, 3.05) is 11.4 Å².